The Morgan fingerprint density at radius 3 is 2.66 bits per heavy atom. The number of benzene rings is 2. The highest BCUT2D eigenvalue weighted by Gasteiger charge is 2.47. The fraction of sp³-hybridized carbons (Fsp3) is 0.531. The summed E-state index contributed by atoms with van der Waals surface area (Å²) in [7, 11) is 0. The summed E-state index contributed by atoms with van der Waals surface area (Å²) in [6.45, 7) is 9.19. The van der Waals surface area contributed by atoms with E-state index in [2.05, 4.69) is 32.9 Å². The van der Waals surface area contributed by atoms with Crippen molar-refractivity contribution < 1.29 is 33.7 Å². The summed E-state index contributed by atoms with van der Waals surface area (Å²) < 4.78 is 18.3. The van der Waals surface area contributed by atoms with Crippen molar-refractivity contribution >= 4 is 23.5 Å². The van der Waals surface area contributed by atoms with E-state index in [1.807, 2.05) is 30.0 Å². The molecule has 1 fully saturated rings. The number of carbonyl (C=O) groups is 3. The number of carboxylic acids is 1. The van der Waals surface area contributed by atoms with E-state index < -0.39 is 24.1 Å². The van der Waals surface area contributed by atoms with Crippen molar-refractivity contribution in [2.45, 2.75) is 78.0 Å². The topological polar surface area (TPSA) is 106 Å². The first-order valence-electron chi connectivity index (χ1n) is 14.5. The number of carbonyl (C=O) groups excluding carboxylic acids is 2. The third-order valence-corrected chi connectivity index (χ3v) is 8.89. The second kappa shape index (κ2) is 10.4. The Bertz CT molecular complexity index is 1400. The van der Waals surface area contributed by atoms with Crippen LogP contribution in [0, 0.1) is 18.3 Å². The van der Waals surface area contributed by atoms with Gasteiger partial charge in [0.25, 0.3) is 5.91 Å². The molecule has 0 spiro atoms. The number of amides is 2. The Kier molecular flexibility index (Phi) is 6.96. The Labute approximate surface area is 240 Å². The van der Waals surface area contributed by atoms with Gasteiger partial charge in [0, 0.05) is 30.3 Å². The molecule has 2 amide bonds. The first-order chi connectivity index (χ1) is 19.5. The first kappa shape index (κ1) is 27.6. The van der Waals surface area contributed by atoms with Crippen LogP contribution in [0.3, 0.4) is 0 Å². The minimum absolute atomic E-state index is 0.0867. The highest BCUT2D eigenvalue weighted by atomic mass is 16.7. The number of carboxylic acid groups (broad SMARTS) is 1. The number of rotatable bonds is 4. The number of hydrogen-bond donors (Lipinski definition) is 1. The summed E-state index contributed by atoms with van der Waals surface area (Å²) >= 11 is 0. The minimum Gasteiger partial charge on any atom is -0.481 e. The van der Waals surface area contributed by atoms with Crippen molar-refractivity contribution in [1.29, 1.82) is 0 Å². The van der Waals surface area contributed by atoms with Crippen LogP contribution in [0.4, 0.5) is 5.69 Å². The van der Waals surface area contributed by atoms with Crippen LogP contribution in [-0.2, 0) is 25.5 Å². The fourth-order valence-corrected chi connectivity index (χ4v) is 6.91. The summed E-state index contributed by atoms with van der Waals surface area (Å²) in [5, 5.41) is 9.56. The molecule has 6 rings (SSSR count). The third-order valence-electron chi connectivity index (χ3n) is 8.89. The van der Waals surface area contributed by atoms with E-state index in [0.717, 1.165) is 40.8 Å². The minimum atomic E-state index is -1.06. The maximum absolute atomic E-state index is 14.5. The second-order valence-corrected chi connectivity index (χ2v) is 12.8. The average molecular weight is 563 g/mol. The smallest absolute Gasteiger partial charge is 0.308 e. The van der Waals surface area contributed by atoms with E-state index in [1.165, 1.54) is 0 Å². The lowest BCUT2D eigenvalue weighted by Gasteiger charge is -2.45. The molecule has 0 aromatic heterocycles. The maximum atomic E-state index is 14.5. The molecule has 0 bridgehead atoms. The van der Waals surface area contributed by atoms with E-state index in [0.29, 0.717) is 30.9 Å². The van der Waals surface area contributed by atoms with Gasteiger partial charge in [-0.25, -0.2) is 0 Å². The van der Waals surface area contributed by atoms with Gasteiger partial charge in [-0.05, 0) is 49.7 Å². The van der Waals surface area contributed by atoms with Crippen LogP contribution in [-0.4, -0.2) is 59.8 Å². The number of nitrogens with zero attached hydrogens (tertiary/aromatic N) is 2. The summed E-state index contributed by atoms with van der Waals surface area (Å²) in [5.41, 5.74) is 4.45. The zero-order chi connectivity index (χ0) is 29.1. The quantitative estimate of drug-likeness (QED) is 0.580. The molecule has 4 aliphatic rings. The molecule has 0 radical (unpaired) electrons. The van der Waals surface area contributed by atoms with Gasteiger partial charge in [0.05, 0.1) is 18.0 Å². The van der Waals surface area contributed by atoms with Gasteiger partial charge in [0.15, 0.2) is 11.5 Å². The van der Waals surface area contributed by atoms with Gasteiger partial charge >= 0.3 is 5.97 Å². The lowest BCUT2D eigenvalue weighted by Crippen LogP contribution is -2.54. The number of para-hydroxylation sites is 1. The van der Waals surface area contributed by atoms with E-state index in [1.54, 1.807) is 4.90 Å². The van der Waals surface area contributed by atoms with Crippen molar-refractivity contribution in [2.24, 2.45) is 11.3 Å². The Balaban J connectivity index is 1.45. The van der Waals surface area contributed by atoms with E-state index in [9.17, 15) is 19.5 Å². The van der Waals surface area contributed by atoms with Crippen LogP contribution < -0.4 is 14.4 Å². The fourth-order valence-electron chi connectivity index (χ4n) is 6.91. The van der Waals surface area contributed by atoms with Crippen LogP contribution in [0.1, 0.15) is 74.8 Å². The predicted octanol–water partition coefficient (Wildman–Crippen LogP) is 4.62. The number of likely N-dealkylation sites (tertiary alicyclic amines) is 1. The molecule has 1 unspecified atom stereocenters. The molecule has 4 aliphatic heterocycles. The number of ether oxygens (including phenoxy) is 3. The number of aliphatic carboxylic acids is 1. The SMILES string of the molecule is Cc1cc2c3c(c1)[C@@H](c1cccc4c1OCO4)O[C@H](CC(=O)N1CCCC(C(=O)O)C1)C(=O)N3[C@H](C(C)(C)C)CC2. The molecular weight excluding hydrogens is 524 g/mol. The first-order valence-corrected chi connectivity index (χ1v) is 14.5. The maximum Gasteiger partial charge on any atom is 0.308 e. The van der Waals surface area contributed by atoms with Crippen molar-refractivity contribution in [1.82, 2.24) is 4.90 Å². The second-order valence-electron chi connectivity index (χ2n) is 12.8. The van der Waals surface area contributed by atoms with Gasteiger partial charge in [-0.1, -0.05) is 50.6 Å². The molecule has 2 aromatic rings. The Morgan fingerprint density at radius 2 is 1.90 bits per heavy atom. The third kappa shape index (κ3) is 4.94. The van der Waals surface area contributed by atoms with E-state index in [4.69, 9.17) is 14.2 Å². The van der Waals surface area contributed by atoms with Gasteiger partial charge < -0.3 is 29.1 Å². The zero-order valence-corrected chi connectivity index (χ0v) is 24.1. The van der Waals surface area contributed by atoms with E-state index >= 15 is 0 Å². The standard InChI is InChI=1S/C32H38N2O7/c1-18-13-19-10-11-25(32(2,3)4)34-27(19)22(14-18)28(21-8-5-9-23-29(21)40-17-39-23)41-24(30(34)36)15-26(35)33-12-6-7-20(16-33)31(37)38/h5,8-9,13-14,20,24-25,28H,6-7,10-12,15-17H2,1-4H3,(H,37,38)/t20?,24-,25+,28-/m1/s1. The molecule has 1 N–H and O–H groups in total. The van der Waals surface area contributed by atoms with Gasteiger partial charge in [0.1, 0.15) is 12.2 Å². The Hall–Kier alpha value is -3.59. The van der Waals surface area contributed by atoms with Gasteiger partial charge in [-0.15, -0.1) is 0 Å². The van der Waals surface area contributed by atoms with Crippen LogP contribution in [0.2, 0.25) is 0 Å². The molecule has 0 aliphatic carbocycles. The average Bonchev–Trinajstić information content (AvgIpc) is 3.38. The number of hydrogen-bond acceptors (Lipinski definition) is 6. The molecule has 2 aromatic carbocycles. The molecule has 9 nitrogen and oxygen atoms in total. The Morgan fingerprint density at radius 1 is 1.10 bits per heavy atom. The van der Waals surface area contributed by atoms with Crippen LogP contribution in [0.5, 0.6) is 11.5 Å². The largest absolute Gasteiger partial charge is 0.481 e. The number of aryl methyl sites for hydroxylation is 2. The van der Waals surface area contributed by atoms with Crippen LogP contribution in [0.25, 0.3) is 0 Å². The number of anilines is 1. The van der Waals surface area contributed by atoms with Crippen molar-refractivity contribution in [3.8, 4) is 11.5 Å². The summed E-state index contributed by atoms with van der Waals surface area (Å²) in [4.78, 5) is 43.3. The lowest BCUT2D eigenvalue weighted by atomic mass is 9.77. The molecule has 0 saturated carbocycles. The monoisotopic (exact) mass is 562 g/mol. The van der Waals surface area contributed by atoms with Gasteiger partial charge in [-0.2, -0.15) is 0 Å². The van der Waals surface area contributed by atoms with Crippen molar-refractivity contribution in [3.63, 3.8) is 0 Å². The van der Waals surface area contributed by atoms with Crippen LogP contribution >= 0.6 is 0 Å². The molecule has 218 valence electrons. The van der Waals surface area contributed by atoms with Crippen LogP contribution in [0.15, 0.2) is 30.3 Å². The number of piperidine rings is 1. The highest BCUT2D eigenvalue weighted by Crippen LogP contribution is 2.50. The molecular formula is C32H38N2O7. The number of fused-ring (bicyclic) bond motifs is 1. The highest BCUT2D eigenvalue weighted by molar-refractivity contribution is 6.02. The van der Waals surface area contributed by atoms with Crippen molar-refractivity contribution in [2.75, 3.05) is 24.8 Å². The summed E-state index contributed by atoms with van der Waals surface area (Å²) in [5.74, 6) is -0.793. The van der Waals surface area contributed by atoms with Gasteiger partial charge in [0.2, 0.25) is 12.7 Å². The lowest BCUT2D eigenvalue weighted by molar-refractivity contribution is -0.149. The molecule has 41 heavy (non-hydrogen) atoms. The summed E-state index contributed by atoms with van der Waals surface area (Å²) in [6, 6.07) is 9.80. The predicted molar refractivity (Wildman–Crippen MR) is 151 cm³/mol. The molecule has 1 saturated heterocycles. The zero-order valence-electron chi connectivity index (χ0n) is 24.1. The molecule has 4 atom stereocenters. The van der Waals surface area contributed by atoms with Crippen molar-refractivity contribution in [3.05, 3.63) is 52.6 Å². The van der Waals surface area contributed by atoms with E-state index in [-0.39, 0.29) is 43.0 Å². The summed E-state index contributed by atoms with van der Waals surface area (Å²) in [6.07, 6.45) is 0.913. The molecule has 4 heterocycles. The van der Waals surface area contributed by atoms with Gasteiger partial charge in [-0.3, -0.25) is 14.4 Å². The molecule has 9 heteroatoms. The normalized spacial score (nSPS) is 25.5.